The Bertz CT molecular complexity index is 675. The van der Waals surface area contributed by atoms with Crippen molar-refractivity contribution in [3.63, 3.8) is 0 Å². The van der Waals surface area contributed by atoms with Crippen LogP contribution in [0.3, 0.4) is 0 Å². The summed E-state index contributed by atoms with van der Waals surface area (Å²) in [4.78, 5) is 14.9. The van der Waals surface area contributed by atoms with Gasteiger partial charge in [-0.1, -0.05) is 20.8 Å². The Kier molecular flexibility index (Phi) is 3.29. The summed E-state index contributed by atoms with van der Waals surface area (Å²) < 4.78 is 27.5. The molecule has 7 heteroatoms. The number of aromatic nitrogens is 3. The van der Waals surface area contributed by atoms with Crippen LogP contribution in [0.1, 0.15) is 37.2 Å². The monoisotopic (exact) mass is 281 g/mol. The predicted octanol–water partition coefficient (Wildman–Crippen LogP) is 2.54. The van der Waals surface area contributed by atoms with Crippen LogP contribution in [0.2, 0.25) is 0 Å². The number of aromatic carboxylic acids is 1. The van der Waals surface area contributed by atoms with E-state index >= 15 is 0 Å². The number of hydrogen-bond acceptors (Lipinski definition) is 3. The van der Waals surface area contributed by atoms with Gasteiger partial charge in [0.2, 0.25) is 0 Å². The molecule has 0 amide bonds. The summed E-state index contributed by atoms with van der Waals surface area (Å²) in [6.07, 6.45) is 0. The Labute approximate surface area is 113 Å². The van der Waals surface area contributed by atoms with Crippen LogP contribution in [-0.4, -0.2) is 25.8 Å². The number of carboxylic acid groups (broad SMARTS) is 1. The van der Waals surface area contributed by atoms with Gasteiger partial charge >= 0.3 is 5.97 Å². The van der Waals surface area contributed by atoms with Gasteiger partial charge < -0.3 is 5.11 Å². The van der Waals surface area contributed by atoms with Crippen molar-refractivity contribution < 1.29 is 18.7 Å². The minimum absolute atomic E-state index is 0.217. The summed E-state index contributed by atoms with van der Waals surface area (Å²) >= 11 is 0. The topological polar surface area (TPSA) is 68.0 Å². The smallest absolute Gasteiger partial charge is 0.375 e. The van der Waals surface area contributed by atoms with Crippen LogP contribution >= 0.6 is 0 Å². The highest BCUT2D eigenvalue weighted by Gasteiger charge is 2.26. The largest absolute Gasteiger partial charge is 0.475 e. The molecule has 1 N–H and O–H groups in total. The normalized spacial score (nSPS) is 11.7. The van der Waals surface area contributed by atoms with Gasteiger partial charge in [0.1, 0.15) is 5.82 Å². The minimum Gasteiger partial charge on any atom is -0.475 e. The molecule has 0 saturated carbocycles. The molecule has 0 aliphatic heterocycles. The molecule has 0 unspecified atom stereocenters. The third-order valence-corrected chi connectivity index (χ3v) is 2.62. The zero-order chi connectivity index (χ0) is 15.1. The highest BCUT2D eigenvalue weighted by molar-refractivity contribution is 5.83. The second-order valence-electron chi connectivity index (χ2n) is 5.32. The fourth-order valence-corrected chi connectivity index (χ4v) is 1.68. The van der Waals surface area contributed by atoms with E-state index in [0.717, 1.165) is 12.1 Å². The molecule has 1 aromatic heterocycles. The van der Waals surface area contributed by atoms with Gasteiger partial charge in [-0.3, -0.25) is 0 Å². The number of hydrogen-bond donors (Lipinski definition) is 1. The average molecular weight is 281 g/mol. The summed E-state index contributed by atoms with van der Waals surface area (Å²) in [7, 11) is 0. The summed E-state index contributed by atoms with van der Waals surface area (Å²) in [6, 6.07) is 3.22. The van der Waals surface area contributed by atoms with Crippen molar-refractivity contribution in [2.24, 2.45) is 0 Å². The van der Waals surface area contributed by atoms with E-state index in [-0.39, 0.29) is 11.5 Å². The molecular weight excluding hydrogens is 268 g/mol. The van der Waals surface area contributed by atoms with Gasteiger partial charge in [-0.15, -0.1) is 5.10 Å². The molecule has 0 saturated heterocycles. The van der Waals surface area contributed by atoms with Crippen molar-refractivity contribution in [3.8, 4) is 5.69 Å². The second kappa shape index (κ2) is 4.66. The summed E-state index contributed by atoms with van der Waals surface area (Å²) in [5, 5.41) is 12.8. The molecule has 2 rings (SSSR count). The molecule has 106 valence electrons. The van der Waals surface area contributed by atoms with Crippen LogP contribution in [0.5, 0.6) is 0 Å². The standard InChI is InChI=1S/C13H13F2N3O2/c1-13(2,3)12-16-10(11(19)20)17-18(12)7-4-5-8(14)9(15)6-7/h4-6H,1-3H3,(H,19,20). The summed E-state index contributed by atoms with van der Waals surface area (Å²) in [6.45, 7) is 5.46. The van der Waals surface area contributed by atoms with Crippen molar-refractivity contribution in [3.05, 3.63) is 41.5 Å². The number of nitrogens with zero attached hydrogens (tertiary/aromatic N) is 3. The van der Waals surface area contributed by atoms with Gasteiger partial charge in [-0.25, -0.2) is 23.2 Å². The van der Waals surface area contributed by atoms with E-state index in [9.17, 15) is 13.6 Å². The maximum absolute atomic E-state index is 13.3. The average Bonchev–Trinajstić information content (AvgIpc) is 2.77. The van der Waals surface area contributed by atoms with Crippen molar-refractivity contribution >= 4 is 5.97 Å². The van der Waals surface area contributed by atoms with Crippen LogP contribution < -0.4 is 0 Å². The van der Waals surface area contributed by atoms with Crippen LogP contribution in [-0.2, 0) is 5.41 Å². The third-order valence-electron chi connectivity index (χ3n) is 2.62. The lowest BCUT2D eigenvalue weighted by Gasteiger charge is -2.18. The Morgan fingerprint density at radius 1 is 1.25 bits per heavy atom. The molecule has 20 heavy (non-hydrogen) atoms. The van der Waals surface area contributed by atoms with Gasteiger partial charge in [0, 0.05) is 11.5 Å². The lowest BCUT2D eigenvalue weighted by Crippen LogP contribution is -2.19. The minimum atomic E-state index is -1.28. The van der Waals surface area contributed by atoms with Crippen molar-refractivity contribution in [2.75, 3.05) is 0 Å². The number of halogens is 2. The highest BCUT2D eigenvalue weighted by atomic mass is 19.2. The van der Waals surface area contributed by atoms with E-state index in [1.807, 2.05) is 20.8 Å². The molecule has 0 radical (unpaired) electrons. The first-order chi connectivity index (χ1) is 9.20. The molecule has 1 heterocycles. The molecule has 1 aromatic carbocycles. The van der Waals surface area contributed by atoms with Crippen molar-refractivity contribution in [1.29, 1.82) is 0 Å². The molecule has 5 nitrogen and oxygen atoms in total. The van der Waals surface area contributed by atoms with Crippen LogP contribution in [0.15, 0.2) is 18.2 Å². The van der Waals surface area contributed by atoms with Crippen LogP contribution in [0, 0.1) is 11.6 Å². The lowest BCUT2D eigenvalue weighted by molar-refractivity contribution is 0.0683. The molecule has 0 fully saturated rings. The molecule has 0 aliphatic carbocycles. The zero-order valence-electron chi connectivity index (χ0n) is 11.2. The number of carbonyl (C=O) groups is 1. The molecular formula is C13H13F2N3O2. The molecule has 0 spiro atoms. The van der Waals surface area contributed by atoms with E-state index in [4.69, 9.17) is 5.11 Å². The molecule has 0 atom stereocenters. The van der Waals surface area contributed by atoms with Crippen molar-refractivity contribution in [2.45, 2.75) is 26.2 Å². The van der Waals surface area contributed by atoms with Crippen LogP contribution in [0.25, 0.3) is 5.69 Å². The number of rotatable bonds is 2. The Morgan fingerprint density at radius 3 is 2.40 bits per heavy atom. The summed E-state index contributed by atoms with van der Waals surface area (Å²) in [5.41, 5.74) is -0.292. The van der Waals surface area contributed by atoms with E-state index in [1.165, 1.54) is 10.7 Å². The van der Waals surface area contributed by atoms with Gasteiger partial charge in [0.05, 0.1) is 5.69 Å². The van der Waals surface area contributed by atoms with E-state index in [0.29, 0.717) is 5.82 Å². The first-order valence-corrected chi connectivity index (χ1v) is 5.86. The fraction of sp³-hybridized carbons (Fsp3) is 0.308. The Hall–Kier alpha value is -2.31. The SMILES string of the molecule is CC(C)(C)c1nc(C(=O)O)nn1-c1ccc(F)c(F)c1. The van der Waals surface area contributed by atoms with Crippen molar-refractivity contribution in [1.82, 2.24) is 14.8 Å². The van der Waals surface area contributed by atoms with E-state index in [1.54, 1.807) is 0 Å². The Balaban J connectivity index is 2.65. The molecule has 2 aromatic rings. The number of benzene rings is 1. The fourth-order valence-electron chi connectivity index (χ4n) is 1.68. The third kappa shape index (κ3) is 2.52. The van der Waals surface area contributed by atoms with E-state index in [2.05, 4.69) is 10.1 Å². The van der Waals surface area contributed by atoms with Gasteiger partial charge in [0.15, 0.2) is 11.6 Å². The number of carboxylic acids is 1. The zero-order valence-corrected chi connectivity index (χ0v) is 11.2. The van der Waals surface area contributed by atoms with Gasteiger partial charge in [0.25, 0.3) is 5.82 Å². The first kappa shape index (κ1) is 14.1. The lowest BCUT2D eigenvalue weighted by atomic mass is 9.95. The van der Waals surface area contributed by atoms with Crippen LogP contribution in [0.4, 0.5) is 8.78 Å². The quantitative estimate of drug-likeness (QED) is 0.918. The molecule has 0 aliphatic rings. The Morgan fingerprint density at radius 2 is 1.90 bits per heavy atom. The van der Waals surface area contributed by atoms with Gasteiger partial charge in [-0.05, 0) is 12.1 Å². The van der Waals surface area contributed by atoms with E-state index < -0.39 is 23.0 Å². The first-order valence-electron chi connectivity index (χ1n) is 5.86. The second-order valence-corrected chi connectivity index (χ2v) is 5.32. The molecule has 0 bridgehead atoms. The van der Waals surface area contributed by atoms with Gasteiger partial charge in [-0.2, -0.15) is 0 Å². The maximum atomic E-state index is 13.3. The highest BCUT2D eigenvalue weighted by Crippen LogP contribution is 2.24. The predicted molar refractivity (Wildman–Crippen MR) is 66.9 cm³/mol. The maximum Gasteiger partial charge on any atom is 0.375 e. The summed E-state index contributed by atoms with van der Waals surface area (Å²) in [5.74, 6) is -3.34.